The highest BCUT2D eigenvalue weighted by atomic mass is 79.9. The molecule has 24 heavy (non-hydrogen) atoms. The van der Waals surface area contributed by atoms with Crippen LogP contribution < -0.4 is 5.32 Å². The fraction of sp³-hybridized carbons (Fsp3) is 0.133. The van der Waals surface area contributed by atoms with E-state index in [0.717, 1.165) is 10.2 Å². The van der Waals surface area contributed by atoms with Crippen molar-refractivity contribution in [1.82, 2.24) is 25.5 Å². The van der Waals surface area contributed by atoms with Crippen LogP contribution in [0.25, 0.3) is 5.69 Å². The van der Waals surface area contributed by atoms with Gasteiger partial charge in [0.05, 0.1) is 16.7 Å². The molecule has 0 aliphatic rings. The van der Waals surface area contributed by atoms with Gasteiger partial charge >= 0.3 is 0 Å². The SMILES string of the molecule is CNC(c1cccc([N+](=O)[O-])c1)c1nnnn1-c1ccc(Br)cc1. The molecule has 2 aromatic carbocycles. The summed E-state index contributed by atoms with van der Waals surface area (Å²) in [6.07, 6.45) is 0. The molecule has 3 aromatic rings. The second-order valence-corrected chi connectivity index (χ2v) is 5.91. The molecule has 1 aromatic heterocycles. The fourth-order valence-corrected chi connectivity index (χ4v) is 2.67. The highest BCUT2D eigenvalue weighted by molar-refractivity contribution is 9.10. The normalized spacial score (nSPS) is 12.1. The van der Waals surface area contributed by atoms with Crippen molar-refractivity contribution in [2.24, 2.45) is 0 Å². The zero-order valence-corrected chi connectivity index (χ0v) is 14.2. The van der Waals surface area contributed by atoms with Crippen LogP contribution in [0.5, 0.6) is 0 Å². The van der Waals surface area contributed by atoms with Gasteiger partial charge in [-0.05, 0) is 47.3 Å². The minimum atomic E-state index is -0.423. The van der Waals surface area contributed by atoms with Crippen LogP contribution in [0.4, 0.5) is 5.69 Å². The van der Waals surface area contributed by atoms with Crippen molar-refractivity contribution in [3.05, 3.63) is 74.5 Å². The Balaban J connectivity index is 2.04. The lowest BCUT2D eigenvalue weighted by Gasteiger charge is -2.16. The van der Waals surface area contributed by atoms with Gasteiger partial charge in [0.1, 0.15) is 0 Å². The van der Waals surface area contributed by atoms with Crippen LogP contribution in [0.2, 0.25) is 0 Å². The van der Waals surface area contributed by atoms with Crippen molar-refractivity contribution >= 4 is 21.6 Å². The standard InChI is InChI=1S/C15H13BrN6O2/c1-17-14(10-3-2-4-13(9-10)22(23)24)15-18-19-20-21(15)12-7-5-11(16)6-8-12/h2-9,14,17H,1H3. The van der Waals surface area contributed by atoms with Gasteiger partial charge in [-0.2, -0.15) is 4.68 Å². The smallest absolute Gasteiger partial charge is 0.269 e. The Morgan fingerprint density at radius 3 is 2.67 bits per heavy atom. The molecule has 1 N–H and O–H groups in total. The largest absolute Gasteiger partial charge is 0.307 e. The first kappa shape index (κ1) is 16.2. The molecule has 0 bridgehead atoms. The lowest BCUT2D eigenvalue weighted by atomic mass is 10.1. The summed E-state index contributed by atoms with van der Waals surface area (Å²) in [4.78, 5) is 10.6. The Labute approximate surface area is 145 Å². The third kappa shape index (κ3) is 3.17. The van der Waals surface area contributed by atoms with E-state index in [4.69, 9.17) is 0 Å². The summed E-state index contributed by atoms with van der Waals surface area (Å²) in [6.45, 7) is 0. The molecule has 0 fully saturated rings. The Morgan fingerprint density at radius 1 is 1.25 bits per heavy atom. The highest BCUT2D eigenvalue weighted by Gasteiger charge is 2.22. The second kappa shape index (κ2) is 6.85. The first-order chi connectivity index (χ1) is 11.6. The van der Waals surface area contributed by atoms with Crippen molar-refractivity contribution in [2.45, 2.75) is 6.04 Å². The fourth-order valence-electron chi connectivity index (χ4n) is 2.40. The number of aromatic nitrogens is 4. The molecule has 1 unspecified atom stereocenters. The van der Waals surface area contributed by atoms with Gasteiger partial charge in [0.15, 0.2) is 5.82 Å². The van der Waals surface area contributed by atoms with E-state index in [1.807, 2.05) is 24.3 Å². The summed E-state index contributed by atoms with van der Waals surface area (Å²) in [5.41, 5.74) is 1.53. The Bertz CT molecular complexity index is 864. The first-order valence-electron chi connectivity index (χ1n) is 7.06. The van der Waals surface area contributed by atoms with Gasteiger partial charge in [0.25, 0.3) is 5.69 Å². The van der Waals surface area contributed by atoms with Crippen LogP contribution >= 0.6 is 15.9 Å². The summed E-state index contributed by atoms with van der Waals surface area (Å²) in [6, 6.07) is 13.6. The number of hydrogen-bond acceptors (Lipinski definition) is 6. The number of hydrogen-bond donors (Lipinski definition) is 1. The molecule has 0 radical (unpaired) electrons. The van der Waals surface area contributed by atoms with Crippen LogP contribution in [0, 0.1) is 10.1 Å². The molecule has 0 saturated heterocycles. The van der Waals surface area contributed by atoms with Crippen LogP contribution in [-0.2, 0) is 0 Å². The average Bonchev–Trinajstić information content (AvgIpc) is 3.06. The maximum absolute atomic E-state index is 11.0. The van der Waals surface area contributed by atoms with Gasteiger partial charge in [-0.25, -0.2) is 0 Å². The van der Waals surface area contributed by atoms with Crippen LogP contribution in [0.15, 0.2) is 53.0 Å². The molecule has 122 valence electrons. The molecule has 0 aliphatic carbocycles. The van der Waals surface area contributed by atoms with E-state index in [2.05, 4.69) is 36.8 Å². The van der Waals surface area contributed by atoms with Gasteiger partial charge in [-0.3, -0.25) is 10.1 Å². The summed E-state index contributed by atoms with van der Waals surface area (Å²) in [7, 11) is 1.75. The highest BCUT2D eigenvalue weighted by Crippen LogP contribution is 2.25. The molecule has 0 spiro atoms. The molecule has 8 nitrogen and oxygen atoms in total. The van der Waals surface area contributed by atoms with Gasteiger partial charge in [0, 0.05) is 16.6 Å². The minimum absolute atomic E-state index is 0.0235. The predicted molar refractivity (Wildman–Crippen MR) is 90.9 cm³/mol. The number of nitro groups is 1. The molecule has 1 heterocycles. The molecular formula is C15H13BrN6O2. The number of halogens is 1. The maximum Gasteiger partial charge on any atom is 0.269 e. The molecule has 0 amide bonds. The molecule has 0 aliphatic heterocycles. The zero-order valence-electron chi connectivity index (χ0n) is 12.6. The van der Waals surface area contributed by atoms with Crippen molar-refractivity contribution in [3.8, 4) is 5.69 Å². The van der Waals surface area contributed by atoms with E-state index >= 15 is 0 Å². The second-order valence-electron chi connectivity index (χ2n) is 5.00. The molecule has 0 saturated carbocycles. The lowest BCUT2D eigenvalue weighted by Crippen LogP contribution is -2.22. The number of non-ortho nitro benzene ring substituents is 1. The summed E-state index contributed by atoms with van der Waals surface area (Å²) >= 11 is 3.39. The Kier molecular flexibility index (Phi) is 4.63. The average molecular weight is 389 g/mol. The molecule has 9 heteroatoms. The summed E-state index contributed by atoms with van der Waals surface area (Å²) in [5.74, 6) is 0.542. The topological polar surface area (TPSA) is 98.8 Å². The number of nitrogens with zero attached hydrogens (tertiary/aromatic N) is 5. The number of nitro benzene ring substituents is 1. The number of tetrazole rings is 1. The maximum atomic E-state index is 11.0. The van der Waals surface area contributed by atoms with E-state index in [1.165, 1.54) is 12.1 Å². The van der Waals surface area contributed by atoms with Crippen molar-refractivity contribution in [3.63, 3.8) is 0 Å². The number of nitrogens with one attached hydrogen (secondary N) is 1. The van der Waals surface area contributed by atoms with Crippen molar-refractivity contribution < 1.29 is 4.92 Å². The van der Waals surface area contributed by atoms with Crippen LogP contribution in [0.3, 0.4) is 0 Å². The quantitative estimate of drug-likeness (QED) is 0.532. The Morgan fingerprint density at radius 2 is 2.00 bits per heavy atom. The molecular weight excluding hydrogens is 376 g/mol. The molecule has 1 atom stereocenters. The van der Waals surface area contributed by atoms with Gasteiger partial charge < -0.3 is 5.32 Å². The van der Waals surface area contributed by atoms with E-state index in [-0.39, 0.29) is 11.7 Å². The van der Waals surface area contributed by atoms with E-state index in [9.17, 15) is 10.1 Å². The monoisotopic (exact) mass is 388 g/mol. The minimum Gasteiger partial charge on any atom is -0.307 e. The van der Waals surface area contributed by atoms with Crippen LogP contribution in [0.1, 0.15) is 17.4 Å². The first-order valence-corrected chi connectivity index (χ1v) is 7.85. The third-order valence-electron chi connectivity index (χ3n) is 3.53. The van der Waals surface area contributed by atoms with Gasteiger partial charge in [-0.15, -0.1) is 5.10 Å². The number of rotatable bonds is 5. The predicted octanol–water partition coefficient (Wildman–Crippen LogP) is 2.64. The number of benzene rings is 2. The van der Waals surface area contributed by atoms with Gasteiger partial charge in [-0.1, -0.05) is 28.1 Å². The van der Waals surface area contributed by atoms with E-state index in [0.29, 0.717) is 11.4 Å². The Hall–Kier alpha value is -2.65. The zero-order chi connectivity index (χ0) is 17.1. The third-order valence-corrected chi connectivity index (χ3v) is 4.05. The van der Waals surface area contributed by atoms with Crippen LogP contribution in [-0.4, -0.2) is 32.2 Å². The summed E-state index contributed by atoms with van der Waals surface area (Å²) in [5, 5.41) is 26.0. The van der Waals surface area contributed by atoms with Crippen molar-refractivity contribution in [2.75, 3.05) is 7.05 Å². The van der Waals surface area contributed by atoms with Gasteiger partial charge in [0.2, 0.25) is 0 Å². The summed E-state index contributed by atoms with van der Waals surface area (Å²) < 4.78 is 2.55. The lowest BCUT2D eigenvalue weighted by molar-refractivity contribution is -0.384. The van der Waals surface area contributed by atoms with Crippen molar-refractivity contribution in [1.29, 1.82) is 0 Å². The molecule has 3 rings (SSSR count). The van der Waals surface area contributed by atoms with E-state index in [1.54, 1.807) is 23.9 Å². The van der Waals surface area contributed by atoms with E-state index < -0.39 is 4.92 Å².